The lowest BCUT2D eigenvalue weighted by molar-refractivity contribution is -0.127. The predicted octanol–water partition coefficient (Wildman–Crippen LogP) is 2.08. The van der Waals surface area contributed by atoms with Gasteiger partial charge in [-0.15, -0.1) is 0 Å². The number of nitrogens with zero attached hydrogens (tertiary/aromatic N) is 2. The molecule has 0 saturated carbocycles. The molecule has 0 saturated heterocycles. The number of ether oxygens (including phenoxy) is 1. The molecule has 1 heterocycles. The molecule has 0 unspecified atom stereocenters. The molecule has 1 aromatic carbocycles. The molecule has 0 aliphatic heterocycles. The SMILES string of the molecule is Cc1cccc(O[C@@H](C)C(=O)NCCn2ccnc2)c1C. The molecule has 0 bridgehead atoms. The third-order valence-electron chi connectivity index (χ3n) is 3.46. The van der Waals surface area contributed by atoms with Gasteiger partial charge in [-0.05, 0) is 38.0 Å². The summed E-state index contributed by atoms with van der Waals surface area (Å²) in [6.07, 6.45) is 4.78. The Morgan fingerprint density at radius 1 is 1.43 bits per heavy atom. The number of imidazole rings is 1. The Kier molecular flexibility index (Phi) is 4.98. The molecule has 1 atom stereocenters. The molecule has 0 aliphatic carbocycles. The zero-order chi connectivity index (χ0) is 15.2. The number of nitrogens with one attached hydrogen (secondary N) is 1. The van der Waals surface area contributed by atoms with Gasteiger partial charge in [0.15, 0.2) is 6.10 Å². The van der Waals surface area contributed by atoms with E-state index >= 15 is 0 Å². The van der Waals surface area contributed by atoms with Crippen LogP contribution >= 0.6 is 0 Å². The van der Waals surface area contributed by atoms with Crippen molar-refractivity contribution in [1.29, 1.82) is 0 Å². The Bertz CT molecular complexity index is 594. The molecule has 1 N–H and O–H groups in total. The largest absolute Gasteiger partial charge is 0.481 e. The van der Waals surface area contributed by atoms with Gasteiger partial charge in [-0.1, -0.05) is 12.1 Å². The minimum atomic E-state index is -0.520. The van der Waals surface area contributed by atoms with Crippen LogP contribution in [0.3, 0.4) is 0 Å². The number of aromatic nitrogens is 2. The molecule has 5 heteroatoms. The smallest absolute Gasteiger partial charge is 0.260 e. The molecule has 0 radical (unpaired) electrons. The van der Waals surface area contributed by atoms with E-state index in [1.165, 1.54) is 0 Å². The fraction of sp³-hybridized carbons (Fsp3) is 0.375. The third kappa shape index (κ3) is 4.08. The lowest BCUT2D eigenvalue weighted by atomic mass is 10.1. The second-order valence-corrected chi connectivity index (χ2v) is 5.05. The van der Waals surface area contributed by atoms with Crippen molar-refractivity contribution in [2.45, 2.75) is 33.4 Å². The molecular weight excluding hydrogens is 266 g/mol. The van der Waals surface area contributed by atoms with Crippen LogP contribution in [0.15, 0.2) is 36.9 Å². The summed E-state index contributed by atoms with van der Waals surface area (Å²) in [5.74, 6) is 0.642. The first-order valence-electron chi connectivity index (χ1n) is 7.04. The normalized spacial score (nSPS) is 12.0. The van der Waals surface area contributed by atoms with Crippen LogP contribution in [0.4, 0.5) is 0 Å². The van der Waals surface area contributed by atoms with Crippen LogP contribution in [0.1, 0.15) is 18.1 Å². The van der Waals surface area contributed by atoms with E-state index in [-0.39, 0.29) is 5.91 Å². The maximum Gasteiger partial charge on any atom is 0.260 e. The van der Waals surface area contributed by atoms with Gasteiger partial charge in [-0.2, -0.15) is 0 Å². The van der Waals surface area contributed by atoms with Crippen molar-refractivity contribution in [2.24, 2.45) is 0 Å². The van der Waals surface area contributed by atoms with Crippen LogP contribution in [0.25, 0.3) is 0 Å². The van der Waals surface area contributed by atoms with E-state index in [9.17, 15) is 4.79 Å². The molecule has 2 rings (SSSR count). The molecular formula is C16H21N3O2. The molecule has 2 aromatic rings. The van der Waals surface area contributed by atoms with Gasteiger partial charge in [-0.3, -0.25) is 4.79 Å². The van der Waals surface area contributed by atoms with Gasteiger partial charge < -0.3 is 14.6 Å². The van der Waals surface area contributed by atoms with E-state index in [0.717, 1.165) is 16.9 Å². The summed E-state index contributed by atoms with van der Waals surface area (Å²) < 4.78 is 7.66. The van der Waals surface area contributed by atoms with Crippen molar-refractivity contribution >= 4 is 5.91 Å². The number of hydrogen-bond donors (Lipinski definition) is 1. The average Bonchev–Trinajstić information content (AvgIpc) is 2.97. The fourth-order valence-electron chi connectivity index (χ4n) is 1.97. The van der Waals surface area contributed by atoms with E-state index < -0.39 is 6.10 Å². The molecule has 0 spiro atoms. The van der Waals surface area contributed by atoms with E-state index in [2.05, 4.69) is 10.3 Å². The van der Waals surface area contributed by atoms with Crippen LogP contribution in [-0.2, 0) is 11.3 Å². The molecule has 112 valence electrons. The van der Waals surface area contributed by atoms with E-state index in [4.69, 9.17) is 4.74 Å². The van der Waals surface area contributed by atoms with Crippen molar-refractivity contribution in [3.63, 3.8) is 0 Å². The molecule has 21 heavy (non-hydrogen) atoms. The summed E-state index contributed by atoms with van der Waals surface area (Å²) in [6, 6.07) is 5.84. The summed E-state index contributed by atoms with van der Waals surface area (Å²) in [6.45, 7) is 7.03. The summed E-state index contributed by atoms with van der Waals surface area (Å²) in [4.78, 5) is 16.0. The Morgan fingerprint density at radius 2 is 2.24 bits per heavy atom. The molecule has 1 aromatic heterocycles. The van der Waals surface area contributed by atoms with Crippen LogP contribution in [0, 0.1) is 13.8 Å². The standard InChI is InChI=1S/C16H21N3O2/c1-12-5-4-6-15(13(12)2)21-14(3)16(20)18-8-10-19-9-7-17-11-19/h4-7,9,11,14H,8,10H2,1-3H3,(H,18,20)/t14-/m0/s1. The highest BCUT2D eigenvalue weighted by Crippen LogP contribution is 2.21. The van der Waals surface area contributed by atoms with Crippen molar-refractivity contribution in [2.75, 3.05) is 6.54 Å². The number of carbonyl (C=O) groups excluding carboxylic acids is 1. The van der Waals surface area contributed by atoms with Crippen LogP contribution in [0.5, 0.6) is 5.75 Å². The average molecular weight is 287 g/mol. The first-order chi connectivity index (χ1) is 10.1. The molecule has 0 fully saturated rings. The highest BCUT2D eigenvalue weighted by molar-refractivity contribution is 5.80. The lowest BCUT2D eigenvalue weighted by Crippen LogP contribution is -2.38. The van der Waals surface area contributed by atoms with Gasteiger partial charge in [-0.25, -0.2) is 4.98 Å². The van der Waals surface area contributed by atoms with Gasteiger partial charge in [0.05, 0.1) is 6.33 Å². The number of amides is 1. The number of hydrogen-bond acceptors (Lipinski definition) is 3. The van der Waals surface area contributed by atoms with E-state index in [0.29, 0.717) is 13.1 Å². The predicted molar refractivity (Wildman–Crippen MR) is 81.2 cm³/mol. The van der Waals surface area contributed by atoms with Gasteiger partial charge in [0.25, 0.3) is 5.91 Å². The maximum absolute atomic E-state index is 12.0. The highest BCUT2D eigenvalue weighted by Gasteiger charge is 2.15. The van der Waals surface area contributed by atoms with Crippen molar-refractivity contribution < 1.29 is 9.53 Å². The maximum atomic E-state index is 12.0. The Hall–Kier alpha value is -2.30. The summed E-state index contributed by atoms with van der Waals surface area (Å²) in [5, 5.41) is 2.86. The van der Waals surface area contributed by atoms with Crippen molar-refractivity contribution in [3.8, 4) is 5.75 Å². The first-order valence-corrected chi connectivity index (χ1v) is 7.04. The fourth-order valence-corrected chi connectivity index (χ4v) is 1.97. The number of benzene rings is 1. The van der Waals surface area contributed by atoms with Crippen LogP contribution in [-0.4, -0.2) is 28.1 Å². The van der Waals surface area contributed by atoms with Crippen LogP contribution < -0.4 is 10.1 Å². The van der Waals surface area contributed by atoms with Gasteiger partial charge >= 0.3 is 0 Å². The lowest BCUT2D eigenvalue weighted by Gasteiger charge is -2.17. The Balaban J connectivity index is 1.83. The second kappa shape index (κ2) is 6.92. The van der Waals surface area contributed by atoms with Gasteiger partial charge in [0.1, 0.15) is 5.75 Å². The zero-order valence-electron chi connectivity index (χ0n) is 12.7. The van der Waals surface area contributed by atoms with Crippen molar-refractivity contribution in [3.05, 3.63) is 48.0 Å². The number of aryl methyl sites for hydroxylation is 1. The second-order valence-electron chi connectivity index (χ2n) is 5.05. The van der Waals surface area contributed by atoms with E-state index in [1.54, 1.807) is 19.4 Å². The monoisotopic (exact) mass is 287 g/mol. The minimum absolute atomic E-state index is 0.115. The molecule has 5 nitrogen and oxygen atoms in total. The topological polar surface area (TPSA) is 56.1 Å². The molecule has 1 amide bonds. The minimum Gasteiger partial charge on any atom is -0.481 e. The van der Waals surface area contributed by atoms with E-state index in [1.807, 2.05) is 42.8 Å². The third-order valence-corrected chi connectivity index (χ3v) is 3.46. The van der Waals surface area contributed by atoms with Gasteiger partial charge in [0.2, 0.25) is 0 Å². The summed E-state index contributed by atoms with van der Waals surface area (Å²) >= 11 is 0. The molecule has 0 aliphatic rings. The summed E-state index contributed by atoms with van der Waals surface area (Å²) in [7, 11) is 0. The summed E-state index contributed by atoms with van der Waals surface area (Å²) in [5.41, 5.74) is 2.22. The zero-order valence-corrected chi connectivity index (χ0v) is 12.7. The number of rotatable bonds is 6. The van der Waals surface area contributed by atoms with Gasteiger partial charge in [0, 0.05) is 25.5 Å². The quantitative estimate of drug-likeness (QED) is 0.885. The Labute approximate surface area is 125 Å². The number of carbonyl (C=O) groups is 1. The Morgan fingerprint density at radius 3 is 2.95 bits per heavy atom. The van der Waals surface area contributed by atoms with Crippen molar-refractivity contribution in [1.82, 2.24) is 14.9 Å². The van der Waals surface area contributed by atoms with Crippen LogP contribution in [0.2, 0.25) is 0 Å². The highest BCUT2D eigenvalue weighted by atomic mass is 16.5. The first kappa shape index (κ1) is 15.1.